The van der Waals surface area contributed by atoms with E-state index in [0.717, 1.165) is 0 Å². The molecular weight excluding hydrogens is 192 g/mol. The van der Waals surface area contributed by atoms with E-state index in [1.54, 1.807) is 0 Å². The van der Waals surface area contributed by atoms with Crippen molar-refractivity contribution in [1.82, 2.24) is 9.97 Å². The largest absolute Gasteiger partial charge is 0.370 e. The maximum Gasteiger partial charge on any atom is 0.222 e. The third kappa shape index (κ3) is 3.71. The summed E-state index contributed by atoms with van der Waals surface area (Å²) in [7, 11) is 0. The SMILES string of the molecule is NC(=O)CCNc1ncc(Cl)cn1. The number of nitrogens with two attached hydrogens (primary N) is 1. The van der Waals surface area contributed by atoms with Crippen molar-refractivity contribution in [3.8, 4) is 0 Å². The van der Waals surface area contributed by atoms with E-state index in [1.165, 1.54) is 12.4 Å². The lowest BCUT2D eigenvalue weighted by atomic mass is 10.4. The van der Waals surface area contributed by atoms with Crippen molar-refractivity contribution in [2.24, 2.45) is 5.73 Å². The van der Waals surface area contributed by atoms with Gasteiger partial charge >= 0.3 is 0 Å². The topological polar surface area (TPSA) is 80.9 Å². The summed E-state index contributed by atoms with van der Waals surface area (Å²) in [6.45, 7) is 0.428. The first kappa shape index (κ1) is 9.73. The van der Waals surface area contributed by atoms with Gasteiger partial charge in [-0.25, -0.2) is 9.97 Å². The summed E-state index contributed by atoms with van der Waals surface area (Å²) in [5, 5.41) is 3.29. The van der Waals surface area contributed by atoms with Crippen LogP contribution in [0.2, 0.25) is 5.02 Å². The molecule has 0 bridgehead atoms. The van der Waals surface area contributed by atoms with Crippen LogP contribution in [-0.4, -0.2) is 22.4 Å². The zero-order valence-electron chi connectivity index (χ0n) is 6.83. The Morgan fingerprint density at radius 2 is 2.15 bits per heavy atom. The van der Waals surface area contributed by atoms with Crippen LogP contribution in [0.15, 0.2) is 12.4 Å². The van der Waals surface area contributed by atoms with E-state index in [0.29, 0.717) is 17.5 Å². The summed E-state index contributed by atoms with van der Waals surface area (Å²) >= 11 is 5.57. The van der Waals surface area contributed by atoms with Gasteiger partial charge in [0.05, 0.1) is 17.4 Å². The lowest BCUT2D eigenvalue weighted by molar-refractivity contribution is -0.117. The number of hydrogen-bond donors (Lipinski definition) is 2. The van der Waals surface area contributed by atoms with Gasteiger partial charge in [0.15, 0.2) is 0 Å². The fraction of sp³-hybridized carbons (Fsp3) is 0.286. The van der Waals surface area contributed by atoms with Gasteiger partial charge in [-0.3, -0.25) is 4.79 Å². The van der Waals surface area contributed by atoms with Gasteiger partial charge in [-0.2, -0.15) is 0 Å². The number of hydrogen-bond acceptors (Lipinski definition) is 4. The summed E-state index contributed by atoms with van der Waals surface area (Å²) in [6.07, 6.45) is 3.20. The van der Waals surface area contributed by atoms with Crippen LogP contribution in [-0.2, 0) is 4.79 Å². The maximum absolute atomic E-state index is 10.4. The summed E-state index contributed by atoms with van der Waals surface area (Å²) in [5.74, 6) is 0.0760. The monoisotopic (exact) mass is 200 g/mol. The third-order valence-corrected chi connectivity index (χ3v) is 1.47. The van der Waals surface area contributed by atoms with Gasteiger partial charge in [0.1, 0.15) is 0 Å². The van der Waals surface area contributed by atoms with Crippen molar-refractivity contribution in [1.29, 1.82) is 0 Å². The third-order valence-electron chi connectivity index (χ3n) is 1.27. The minimum atomic E-state index is -0.360. The molecule has 0 radical (unpaired) electrons. The quantitative estimate of drug-likeness (QED) is 0.738. The Morgan fingerprint density at radius 1 is 1.54 bits per heavy atom. The second kappa shape index (κ2) is 4.61. The van der Waals surface area contributed by atoms with Gasteiger partial charge in [0.2, 0.25) is 11.9 Å². The van der Waals surface area contributed by atoms with Crippen LogP contribution in [0.25, 0.3) is 0 Å². The highest BCUT2D eigenvalue weighted by atomic mass is 35.5. The van der Waals surface area contributed by atoms with Crippen LogP contribution in [0.1, 0.15) is 6.42 Å². The normalized spacial score (nSPS) is 9.62. The zero-order chi connectivity index (χ0) is 9.68. The lowest BCUT2D eigenvalue weighted by Gasteiger charge is -2.01. The molecule has 1 amide bonds. The predicted octanol–water partition coefficient (Wildman–Crippen LogP) is 0.417. The van der Waals surface area contributed by atoms with Crippen molar-refractivity contribution in [2.45, 2.75) is 6.42 Å². The van der Waals surface area contributed by atoms with Crippen molar-refractivity contribution in [3.05, 3.63) is 17.4 Å². The number of amides is 1. The van der Waals surface area contributed by atoms with E-state index in [9.17, 15) is 4.79 Å². The number of rotatable bonds is 4. The molecule has 0 aliphatic carbocycles. The Labute approximate surface area is 80.3 Å². The molecule has 1 rings (SSSR count). The van der Waals surface area contributed by atoms with E-state index in [4.69, 9.17) is 17.3 Å². The number of nitrogens with one attached hydrogen (secondary N) is 1. The number of carbonyl (C=O) groups excluding carboxylic acids is 1. The Morgan fingerprint density at radius 3 is 2.69 bits per heavy atom. The van der Waals surface area contributed by atoms with Crippen molar-refractivity contribution in [3.63, 3.8) is 0 Å². The van der Waals surface area contributed by atoms with Crippen LogP contribution in [0.4, 0.5) is 5.95 Å². The van der Waals surface area contributed by atoms with Crippen LogP contribution in [0.5, 0.6) is 0 Å². The molecule has 0 aliphatic rings. The maximum atomic E-state index is 10.4. The number of anilines is 1. The van der Waals surface area contributed by atoms with Crippen LogP contribution >= 0.6 is 11.6 Å². The lowest BCUT2D eigenvalue weighted by Crippen LogP contribution is -2.16. The molecule has 0 saturated heterocycles. The Bertz CT molecular complexity index is 287. The minimum absolute atomic E-state index is 0.256. The highest BCUT2D eigenvalue weighted by molar-refractivity contribution is 6.30. The molecule has 0 aromatic carbocycles. The van der Waals surface area contributed by atoms with Gasteiger partial charge in [-0.1, -0.05) is 11.6 Å². The second-order valence-corrected chi connectivity index (χ2v) is 2.80. The first-order valence-corrected chi connectivity index (χ1v) is 4.06. The van der Waals surface area contributed by atoms with Gasteiger partial charge in [-0.15, -0.1) is 0 Å². The van der Waals surface area contributed by atoms with E-state index in [1.807, 2.05) is 0 Å². The first-order chi connectivity index (χ1) is 6.18. The van der Waals surface area contributed by atoms with Gasteiger partial charge in [-0.05, 0) is 0 Å². The summed E-state index contributed by atoms with van der Waals surface area (Å²) < 4.78 is 0. The van der Waals surface area contributed by atoms with Crippen LogP contribution in [0, 0.1) is 0 Å². The second-order valence-electron chi connectivity index (χ2n) is 2.37. The fourth-order valence-electron chi connectivity index (χ4n) is 0.701. The zero-order valence-corrected chi connectivity index (χ0v) is 7.58. The molecule has 13 heavy (non-hydrogen) atoms. The predicted molar refractivity (Wildman–Crippen MR) is 49.3 cm³/mol. The minimum Gasteiger partial charge on any atom is -0.370 e. The average Bonchev–Trinajstić information content (AvgIpc) is 2.08. The molecular formula is C7H9ClN4O. The number of carbonyl (C=O) groups is 1. The van der Waals surface area contributed by atoms with Gasteiger partial charge in [0, 0.05) is 13.0 Å². The van der Waals surface area contributed by atoms with E-state index >= 15 is 0 Å². The molecule has 3 N–H and O–H groups in total. The van der Waals surface area contributed by atoms with Crippen molar-refractivity contribution < 1.29 is 4.79 Å². The molecule has 6 heteroatoms. The Kier molecular flexibility index (Phi) is 3.45. The average molecular weight is 201 g/mol. The molecule has 1 aromatic heterocycles. The molecule has 70 valence electrons. The van der Waals surface area contributed by atoms with Crippen LogP contribution in [0.3, 0.4) is 0 Å². The van der Waals surface area contributed by atoms with Crippen LogP contribution < -0.4 is 11.1 Å². The molecule has 0 unspecified atom stereocenters. The Balaban J connectivity index is 2.37. The molecule has 1 heterocycles. The number of primary amides is 1. The highest BCUT2D eigenvalue weighted by Gasteiger charge is 1.96. The molecule has 0 saturated carbocycles. The molecule has 0 spiro atoms. The molecule has 1 aromatic rings. The summed E-state index contributed by atoms with van der Waals surface area (Å²) in [5.41, 5.74) is 4.94. The number of halogens is 1. The van der Waals surface area contributed by atoms with Crippen molar-refractivity contribution in [2.75, 3.05) is 11.9 Å². The highest BCUT2D eigenvalue weighted by Crippen LogP contribution is 2.04. The van der Waals surface area contributed by atoms with Gasteiger partial charge < -0.3 is 11.1 Å². The summed E-state index contributed by atoms with van der Waals surface area (Å²) in [6, 6.07) is 0. The Hall–Kier alpha value is -1.36. The molecule has 0 fully saturated rings. The molecule has 0 aliphatic heterocycles. The molecule has 5 nitrogen and oxygen atoms in total. The fourth-order valence-corrected chi connectivity index (χ4v) is 0.799. The molecule has 0 atom stereocenters. The number of aromatic nitrogens is 2. The van der Waals surface area contributed by atoms with Crippen molar-refractivity contribution >= 4 is 23.5 Å². The van der Waals surface area contributed by atoms with E-state index in [-0.39, 0.29) is 12.3 Å². The van der Waals surface area contributed by atoms with E-state index in [2.05, 4.69) is 15.3 Å². The number of nitrogens with zero attached hydrogens (tertiary/aromatic N) is 2. The standard InChI is InChI=1S/C7H9ClN4O/c8-5-3-11-7(12-4-5)10-2-1-6(9)13/h3-4H,1-2H2,(H2,9,13)(H,10,11,12). The first-order valence-electron chi connectivity index (χ1n) is 3.68. The van der Waals surface area contributed by atoms with Gasteiger partial charge in [0.25, 0.3) is 0 Å². The summed E-state index contributed by atoms with van der Waals surface area (Å²) in [4.78, 5) is 18.1. The smallest absolute Gasteiger partial charge is 0.222 e. The van der Waals surface area contributed by atoms with E-state index < -0.39 is 0 Å².